The van der Waals surface area contributed by atoms with E-state index < -0.39 is 0 Å². The van der Waals surface area contributed by atoms with Crippen LogP contribution in [0.4, 0.5) is 0 Å². The van der Waals surface area contributed by atoms with Gasteiger partial charge in [0, 0.05) is 31.0 Å². The number of hydrogen-bond donors (Lipinski definition) is 1. The number of hydrogen-bond acceptors (Lipinski definition) is 2. The summed E-state index contributed by atoms with van der Waals surface area (Å²) in [6.45, 7) is 0. The van der Waals surface area contributed by atoms with E-state index in [-0.39, 0.29) is 31.0 Å². The van der Waals surface area contributed by atoms with E-state index in [4.69, 9.17) is 5.26 Å². The SMILES string of the molecule is N#CN.[HH].[Na]. The standard InChI is InChI=1S/CH2N2.Na.H2/c2-1-3;;/h2H2;;1H. The minimum absolute atomic E-state index is 0. The third-order valence-electron chi connectivity index (χ3n) is 0. The van der Waals surface area contributed by atoms with Gasteiger partial charge in [-0.2, -0.15) is 5.26 Å². The summed E-state index contributed by atoms with van der Waals surface area (Å²) in [6, 6.07) is 0. The smallest absolute Gasteiger partial charge is 0.173 e. The van der Waals surface area contributed by atoms with E-state index in [0.29, 0.717) is 0 Å². The van der Waals surface area contributed by atoms with Gasteiger partial charge in [0.05, 0.1) is 0 Å². The molecular formula is CH4N2Na. The molecule has 0 atom stereocenters. The van der Waals surface area contributed by atoms with Crippen LogP contribution in [0.15, 0.2) is 0 Å². The van der Waals surface area contributed by atoms with E-state index in [0.717, 1.165) is 0 Å². The summed E-state index contributed by atoms with van der Waals surface area (Å²) in [5.41, 5.74) is 4.15. The van der Waals surface area contributed by atoms with Crippen molar-refractivity contribution < 1.29 is 1.43 Å². The van der Waals surface area contributed by atoms with Gasteiger partial charge in [-0.3, -0.25) is 0 Å². The van der Waals surface area contributed by atoms with Crippen LogP contribution in [0.1, 0.15) is 1.43 Å². The minimum atomic E-state index is 0. The molecule has 0 unspecified atom stereocenters. The van der Waals surface area contributed by atoms with Gasteiger partial charge in [-0.15, -0.1) is 0 Å². The van der Waals surface area contributed by atoms with Crippen LogP contribution in [-0.2, 0) is 0 Å². The van der Waals surface area contributed by atoms with Crippen LogP contribution >= 0.6 is 0 Å². The molecule has 2 nitrogen and oxygen atoms in total. The van der Waals surface area contributed by atoms with Gasteiger partial charge in [-0.25, -0.2) is 0 Å². The second-order valence-electron chi connectivity index (χ2n) is 0.129. The second kappa shape index (κ2) is 10.4. The molecule has 0 aromatic carbocycles. The Morgan fingerprint density at radius 1 is 2.00 bits per heavy atom. The summed E-state index contributed by atoms with van der Waals surface area (Å²) in [5, 5.41) is 7.10. The Kier molecular flexibility index (Phi) is 23.0. The van der Waals surface area contributed by atoms with Crippen molar-refractivity contribution in [2.45, 2.75) is 0 Å². The zero-order valence-electron chi connectivity index (χ0n) is 2.52. The van der Waals surface area contributed by atoms with Crippen LogP contribution in [0.5, 0.6) is 0 Å². The molecule has 0 aromatic heterocycles. The number of nitriles is 1. The second-order valence-corrected chi connectivity index (χ2v) is 0.129. The summed E-state index contributed by atoms with van der Waals surface area (Å²) in [7, 11) is 0. The molecule has 0 saturated carbocycles. The molecule has 0 aliphatic heterocycles. The summed E-state index contributed by atoms with van der Waals surface area (Å²) in [6.07, 6.45) is 1.25. The minimum Gasteiger partial charge on any atom is -0.337 e. The van der Waals surface area contributed by atoms with E-state index >= 15 is 0 Å². The molecule has 3 heteroatoms. The summed E-state index contributed by atoms with van der Waals surface area (Å²) < 4.78 is 0. The first-order chi connectivity index (χ1) is 1.41. The van der Waals surface area contributed by atoms with Crippen molar-refractivity contribution in [1.82, 2.24) is 0 Å². The molecule has 0 spiro atoms. The Morgan fingerprint density at radius 3 is 2.00 bits per heavy atom. The molecule has 0 amide bonds. The van der Waals surface area contributed by atoms with Crippen molar-refractivity contribution in [2.24, 2.45) is 5.73 Å². The fourth-order valence-corrected chi connectivity index (χ4v) is 0. The molecule has 2 N–H and O–H groups in total. The quantitative estimate of drug-likeness (QED) is 0.231. The Morgan fingerprint density at radius 2 is 2.00 bits per heavy atom. The maximum absolute atomic E-state index is 7.10. The maximum Gasteiger partial charge on any atom is 0.173 e. The Balaban J connectivity index is -0.0000000200. The monoisotopic (exact) mass is 67.0 g/mol. The van der Waals surface area contributed by atoms with Gasteiger partial charge in [0.1, 0.15) is 0 Å². The van der Waals surface area contributed by atoms with E-state index in [1.165, 1.54) is 6.19 Å². The zero-order chi connectivity index (χ0) is 2.71. The van der Waals surface area contributed by atoms with Crippen molar-refractivity contribution in [1.29, 1.82) is 5.26 Å². The fourth-order valence-electron chi connectivity index (χ4n) is 0. The summed E-state index contributed by atoms with van der Waals surface area (Å²) >= 11 is 0. The topological polar surface area (TPSA) is 49.8 Å². The molecule has 0 heterocycles. The molecule has 1 radical (unpaired) electrons. The Hall–Kier alpha value is 0.290. The van der Waals surface area contributed by atoms with E-state index in [1.54, 1.807) is 0 Å². The zero-order valence-corrected chi connectivity index (χ0v) is 4.52. The van der Waals surface area contributed by atoms with Crippen molar-refractivity contribution in [3.8, 4) is 6.19 Å². The van der Waals surface area contributed by atoms with Crippen molar-refractivity contribution in [3.05, 3.63) is 0 Å². The molecule has 4 heavy (non-hydrogen) atoms. The Labute approximate surface area is 48.4 Å². The molecule has 0 fully saturated rings. The third kappa shape index (κ3) is 45.3. The third-order valence-corrected chi connectivity index (χ3v) is 0. The molecular weight excluding hydrogens is 63.0 g/mol. The first-order valence-corrected chi connectivity index (χ1v) is 0.512. The van der Waals surface area contributed by atoms with Gasteiger partial charge in [-0.1, -0.05) is 0 Å². The molecule has 0 saturated heterocycles. The normalized spacial score (nSPS) is 1.75. The van der Waals surface area contributed by atoms with Crippen LogP contribution in [0.2, 0.25) is 0 Å². The van der Waals surface area contributed by atoms with Gasteiger partial charge in [0.25, 0.3) is 0 Å². The predicted molar refractivity (Wildman–Crippen MR) is 17.7 cm³/mol. The van der Waals surface area contributed by atoms with Gasteiger partial charge in [0.15, 0.2) is 6.19 Å². The van der Waals surface area contributed by atoms with Crippen LogP contribution < -0.4 is 5.73 Å². The van der Waals surface area contributed by atoms with Crippen molar-refractivity contribution in [2.75, 3.05) is 0 Å². The van der Waals surface area contributed by atoms with Gasteiger partial charge in [0.2, 0.25) is 0 Å². The molecule has 0 rings (SSSR count). The summed E-state index contributed by atoms with van der Waals surface area (Å²) in [5.74, 6) is 0. The first-order valence-electron chi connectivity index (χ1n) is 0.512. The average Bonchev–Trinajstić information content (AvgIpc) is 0.918. The van der Waals surface area contributed by atoms with Crippen LogP contribution in [0.3, 0.4) is 0 Å². The average molecular weight is 67.0 g/mol. The van der Waals surface area contributed by atoms with E-state index in [9.17, 15) is 0 Å². The largest absolute Gasteiger partial charge is 0.337 e. The van der Waals surface area contributed by atoms with E-state index in [1.807, 2.05) is 0 Å². The number of nitrogens with two attached hydrogens (primary N) is 1. The van der Waals surface area contributed by atoms with E-state index in [2.05, 4.69) is 5.73 Å². The molecule has 19 valence electrons. The van der Waals surface area contributed by atoms with Crippen LogP contribution in [-0.4, -0.2) is 29.6 Å². The summed E-state index contributed by atoms with van der Waals surface area (Å²) in [4.78, 5) is 0. The van der Waals surface area contributed by atoms with Gasteiger partial charge >= 0.3 is 0 Å². The van der Waals surface area contributed by atoms with Crippen LogP contribution in [0, 0.1) is 11.5 Å². The van der Waals surface area contributed by atoms with Gasteiger partial charge < -0.3 is 5.73 Å². The predicted octanol–water partition coefficient (Wildman–Crippen LogP) is -0.709. The first kappa shape index (κ1) is 8.85. The molecule has 0 aliphatic carbocycles. The molecule has 0 bridgehead atoms. The van der Waals surface area contributed by atoms with Crippen molar-refractivity contribution in [3.63, 3.8) is 0 Å². The Bertz CT molecular complexity index is 31.1. The van der Waals surface area contributed by atoms with Crippen molar-refractivity contribution >= 4 is 29.6 Å². The number of rotatable bonds is 0. The van der Waals surface area contributed by atoms with Gasteiger partial charge in [-0.05, 0) is 0 Å². The molecule has 0 aromatic rings. The number of nitrogens with zero attached hydrogens (tertiary/aromatic N) is 1. The maximum atomic E-state index is 7.10. The fraction of sp³-hybridized carbons (Fsp3) is 0. The van der Waals surface area contributed by atoms with Crippen LogP contribution in [0.25, 0.3) is 0 Å². The molecule has 0 aliphatic rings.